The molecule has 0 aliphatic rings. The monoisotopic (exact) mass is 225 g/mol. The zero-order valence-electron chi connectivity index (χ0n) is 10.2. The summed E-state index contributed by atoms with van der Waals surface area (Å²) in [4.78, 5) is 0. The summed E-state index contributed by atoms with van der Waals surface area (Å²) in [6.07, 6.45) is 8.51. The van der Waals surface area contributed by atoms with Crippen molar-refractivity contribution in [3.8, 4) is 0 Å². The minimum absolute atomic E-state index is 0.608. The number of nitrogens with zero attached hydrogens (tertiary/aromatic N) is 4. The Kier molecular flexibility index (Phi) is 6.72. The second-order valence-corrected chi connectivity index (χ2v) is 4.12. The van der Waals surface area contributed by atoms with Crippen molar-refractivity contribution in [1.82, 2.24) is 20.2 Å². The van der Waals surface area contributed by atoms with Crippen LogP contribution in [0.15, 0.2) is 0 Å². The zero-order chi connectivity index (χ0) is 11.6. The number of nitrogens with two attached hydrogens (primary N) is 1. The van der Waals surface area contributed by atoms with Gasteiger partial charge in [0.1, 0.15) is 0 Å². The SMILES string of the molecule is CCCCCCCCn1nnnc1CCN. The van der Waals surface area contributed by atoms with Crippen LogP contribution < -0.4 is 5.73 Å². The molecule has 5 heteroatoms. The van der Waals surface area contributed by atoms with E-state index in [0.29, 0.717) is 6.54 Å². The highest BCUT2D eigenvalue weighted by Gasteiger charge is 2.03. The largest absolute Gasteiger partial charge is 0.330 e. The first-order valence-electron chi connectivity index (χ1n) is 6.33. The van der Waals surface area contributed by atoms with E-state index in [-0.39, 0.29) is 0 Å². The van der Waals surface area contributed by atoms with E-state index in [9.17, 15) is 0 Å². The van der Waals surface area contributed by atoms with E-state index in [1.807, 2.05) is 4.68 Å². The van der Waals surface area contributed by atoms with Gasteiger partial charge in [-0.05, 0) is 23.4 Å². The fourth-order valence-corrected chi connectivity index (χ4v) is 1.75. The van der Waals surface area contributed by atoms with Crippen molar-refractivity contribution in [3.63, 3.8) is 0 Å². The number of hydrogen-bond acceptors (Lipinski definition) is 4. The Bertz CT molecular complexity index is 271. The summed E-state index contributed by atoms with van der Waals surface area (Å²) < 4.78 is 1.88. The molecular weight excluding hydrogens is 202 g/mol. The standard InChI is InChI=1S/C11H23N5/c1-2-3-4-5-6-7-10-16-11(8-9-12)13-14-15-16/h2-10,12H2,1H3. The molecule has 92 valence electrons. The predicted octanol–water partition coefficient (Wildman–Crippen LogP) is 1.53. The van der Waals surface area contributed by atoms with Gasteiger partial charge in [-0.25, -0.2) is 4.68 Å². The third-order valence-corrected chi connectivity index (χ3v) is 2.70. The Balaban J connectivity index is 2.13. The molecule has 0 atom stereocenters. The molecular formula is C11H23N5. The summed E-state index contributed by atoms with van der Waals surface area (Å²) in [5, 5.41) is 11.6. The third-order valence-electron chi connectivity index (χ3n) is 2.70. The molecule has 1 aromatic heterocycles. The molecule has 5 nitrogen and oxygen atoms in total. The van der Waals surface area contributed by atoms with Crippen molar-refractivity contribution < 1.29 is 0 Å². The van der Waals surface area contributed by atoms with E-state index >= 15 is 0 Å². The first-order valence-corrected chi connectivity index (χ1v) is 6.33. The highest BCUT2D eigenvalue weighted by atomic mass is 15.5. The quantitative estimate of drug-likeness (QED) is 0.647. The van der Waals surface area contributed by atoms with Crippen molar-refractivity contribution in [2.24, 2.45) is 5.73 Å². The smallest absolute Gasteiger partial charge is 0.152 e. The van der Waals surface area contributed by atoms with E-state index < -0.39 is 0 Å². The normalized spacial score (nSPS) is 10.9. The van der Waals surface area contributed by atoms with Crippen molar-refractivity contribution in [2.75, 3.05) is 6.54 Å². The minimum Gasteiger partial charge on any atom is -0.330 e. The summed E-state index contributed by atoms with van der Waals surface area (Å²) in [5.74, 6) is 0.913. The lowest BCUT2D eigenvalue weighted by Gasteiger charge is -2.03. The summed E-state index contributed by atoms with van der Waals surface area (Å²) >= 11 is 0. The molecule has 2 N–H and O–H groups in total. The Hall–Kier alpha value is -0.970. The van der Waals surface area contributed by atoms with E-state index in [4.69, 9.17) is 5.73 Å². The molecule has 0 fully saturated rings. The van der Waals surface area contributed by atoms with Crippen LogP contribution in [0, 0.1) is 0 Å². The number of rotatable bonds is 9. The van der Waals surface area contributed by atoms with Crippen LogP contribution >= 0.6 is 0 Å². The van der Waals surface area contributed by atoms with Crippen LogP contribution in [-0.2, 0) is 13.0 Å². The van der Waals surface area contributed by atoms with Crippen LogP contribution in [0.1, 0.15) is 51.3 Å². The molecule has 0 aromatic carbocycles. The maximum absolute atomic E-state index is 5.49. The van der Waals surface area contributed by atoms with Crippen LogP contribution in [0.3, 0.4) is 0 Å². The summed E-state index contributed by atoms with van der Waals surface area (Å²) in [7, 11) is 0. The lowest BCUT2D eigenvalue weighted by atomic mass is 10.1. The Morgan fingerprint density at radius 1 is 1.12 bits per heavy atom. The fourth-order valence-electron chi connectivity index (χ4n) is 1.75. The van der Waals surface area contributed by atoms with Gasteiger partial charge in [0.15, 0.2) is 5.82 Å². The molecule has 1 aromatic rings. The van der Waals surface area contributed by atoms with Gasteiger partial charge in [-0.2, -0.15) is 0 Å². The van der Waals surface area contributed by atoms with Crippen molar-refractivity contribution in [1.29, 1.82) is 0 Å². The predicted molar refractivity (Wildman–Crippen MR) is 64.0 cm³/mol. The average Bonchev–Trinajstić information content (AvgIpc) is 2.72. The molecule has 0 aliphatic carbocycles. The van der Waals surface area contributed by atoms with Gasteiger partial charge >= 0.3 is 0 Å². The second kappa shape index (κ2) is 8.21. The summed E-state index contributed by atoms with van der Waals surface area (Å²) in [6.45, 7) is 3.77. The van der Waals surface area contributed by atoms with E-state index in [2.05, 4.69) is 22.4 Å². The minimum atomic E-state index is 0.608. The van der Waals surface area contributed by atoms with Gasteiger partial charge in [-0.15, -0.1) is 5.10 Å². The molecule has 1 rings (SSSR count). The first kappa shape index (κ1) is 13.1. The number of aromatic nitrogens is 4. The number of unbranched alkanes of at least 4 members (excludes halogenated alkanes) is 5. The third kappa shape index (κ3) is 4.70. The van der Waals surface area contributed by atoms with E-state index in [1.54, 1.807) is 0 Å². The van der Waals surface area contributed by atoms with Crippen molar-refractivity contribution >= 4 is 0 Å². The fraction of sp³-hybridized carbons (Fsp3) is 0.909. The number of hydrogen-bond donors (Lipinski definition) is 1. The maximum atomic E-state index is 5.49. The Morgan fingerprint density at radius 3 is 2.62 bits per heavy atom. The lowest BCUT2D eigenvalue weighted by Crippen LogP contribution is -2.11. The first-order chi connectivity index (χ1) is 7.88. The topological polar surface area (TPSA) is 69.6 Å². The van der Waals surface area contributed by atoms with Crippen molar-refractivity contribution in [3.05, 3.63) is 5.82 Å². The number of aryl methyl sites for hydroxylation is 1. The lowest BCUT2D eigenvalue weighted by molar-refractivity contribution is 0.503. The second-order valence-electron chi connectivity index (χ2n) is 4.12. The summed E-state index contributed by atoms with van der Waals surface area (Å²) in [6, 6.07) is 0. The van der Waals surface area contributed by atoms with Crippen molar-refractivity contribution in [2.45, 2.75) is 58.4 Å². The van der Waals surface area contributed by atoms with Crippen LogP contribution in [0.4, 0.5) is 0 Å². The molecule has 0 saturated heterocycles. The van der Waals surface area contributed by atoms with Gasteiger partial charge in [-0.3, -0.25) is 0 Å². The average molecular weight is 225 g/mol. The highest BCUT2D eigenvalue weighted by molar-refractivity contribution is 4.80. The molecule has 0 amide bonds. The molecule has 1 heterocycles. The van der Waals surface area contributed by atoms with Crippen LogP contribution in [0.5, 0.6) is 0 Å². The number of tetrazole rings is 1. The summed E-state index contributed by atoms with van der Waals surface area (Å²) in [5.41, 5.74) is 5.49. The van der Waals surface area contributed by atoms with Gasteiger partial charge in [-0.1, -0.05) is 39.0 Å². The highest BCUT2D eigenvalue weighted by Crippen LogP contribution is 2.06. The van der Waals surface area contributed by atoms with Gasteiger partial charge in [0.2, 0.25) is 0 Å². The van der Waals surface area contributed by atoms with Gasteiger partial charge in [0.05, 0.1) is 0 Å². The van der Waals surface area contributed by atoms with Crippen LogP contribution in [-0.4, -0.2) is 26.8 Å². The molecule has 0 saturated carbocycles. The zero-order valence-corrected chi connectivity index (χ0v) is 10.2. The van der Waals surface area contributed by atoms with Gasteiger partial charge in [0, 0.05) is 13.0 Å². The van der Waals surface area contributed by atoms with E-state index in [1.165, 1.54) is 32.1 Å². The molecule has 0 spiro atoms. The maximum Gasteiger partial charge on any atom is 0.152 e. The molecule has 0 aliphatic heterocycles. The Labute approximate surface area is 97.4 Å². The molecule has 0 radical (unpaired) electrons. The van der Waals surface area contributed by atoms with E-state index in [0.717, 1.165) is 25.2 Å². The Morgan fingerprint density at radius 2 is 1.88 bits per heavy atom. The molecule has 0 bridgehead atoms. The van der Waals surface area contributed by atoms with Crippen LogP contribution in [0.2, 0.25) is 0 Å². The van der Waals surface area contributed by atoms with Gasteiger partial charge < -0.3 is 5.73 Å². The van der Waals surface area contributed by atoms with Gasteiger partial charge in [0.25, 0.3) is 0 Å². The molecule has 0 unspecified atom stereocenters. The molecule has 16 heavy (non-hydrogen) atoms. The van der Waals surface area contributed by atoms with Crippen LogP contribution in [0.25, 0.3) is 0 Å².